The van der Waals surface area contributed by atoms with Gasteiger partial charge < -0.3 is 9.84 Å². The lowest BCUT2D eigenvalue weighted by Gasteiger charge is -2.21. The summed E-state index contributed by atoms with van der Waals surface area (Å²) < 4.78 is 45.3. The number of rotatable bonds is 6. The zero-order valence-corrected chi connectivity index (χ0v) is 15.1. The number of aliphatic imine (C=N–C) groups is 1. The second-order valence-corrected chi connectivity index (χ2v) is 6.87. The zero-order chi connectivity index (χ0) is 19.9. The number of aliphatic carboxylic acids is 1. The topological polar surface area (TPSA) is 76.0 Å². The second kappa shape index (κ2) is 7.15. The van der Waals surface area contributed by atoms with E-state index in [2.05, 4.69) is 4.99 Å². The standard InChI is InChI=1S/C18H14F3NO4S/c1-7-9(4-13(23)24)14-11(22-7)5-10(19)17(26-2)15(14)16(25)8-3-12(18(20)21)27-6-8/h3,6,18H,4-5H2,1-2H3,(H,23,24). The molecule has 2 aliphatic rings. The molecule has 0 unspecified atom stereocenters. The Bertz CT molecular complexity index is 969. The van der Waals surface area contributed by atoms with E-state index in [0.717, 1.165) is 6.07 Å². The summed E-state index contributed by atoms with van der Waals surface area (Å²) in [7, 11) is 1.19. The number of alkyl halides is 2. The van der Waals surface area contributed by atoms with Crippen LogP contribution in [0.1, 0.15) is 41.4 Å². The van der Waals surface area contributed by atoms with E-state index in [1.165, 1.54) is 12.5 Å². The van der Waals surface area contributed by atoms with Gasteiger partial charge in [-0.2, -0.15) is 0 Å². The van der Waals surface area contributed by atoms with E-state index in [0.29, 0.717) is 17.0 Å². The molecule has 0 fully saturated rings. The van der Waals surface area contributed by atoms with Gasteiger partial charge in [0.15, 0.2) is 11.5 Å². The molecule has 1 aliphatic heterocycles. The predicted octanol–water partition coefficient (Wildman–Crippen LogP) is 4.60. The fraction of sp³-hybridized carbons (Fsp3) is 0.278. The molecule has 9 heteroatoms. The molecule has 142 valence electrons. The highest BCUT2D eigenvalue weighted by molar-refractivity contribution is 7.10. The van der Waals surface area contributed by atoms with E-state index in [-0.39, 0.29) is 45.1 Å². The smallest absolute Gasteiger partial charge is 0.307 e. The van der Waals surface area contributed by atoms with E-state index in [9.17, 15) is 27.9 Å². The van der Waals surface area contributed by atoms with E-state index in [4.69, 9.17) is 4.74 Å². The Kier molecular flexibility index (Phi) is 5.05. The third-order valence-corrected chi connectivity index (χ3v) is 5.17. The maximum atomic E-state index is 14.5. The molecule has 0 saturated heterocycles. The highest BCUT2D eigenvalue weighted by Gasteiger charge is 2.38. The lowest BCUT2D eigenvalue weighted by molar-refractivity contribution is -0.136. The number of fused-ring (bicyclic) bond motifs is 1. The molecule has 27 heavy (non-hydrogen) atoms. The monoisotopic (exact) mass is 397 g/mol. The first-order chi connectivity index (χ1) is 12.7. The Morgan fingerprint density at radius 1 is 1.41 bits per heavy atom. The summed E-state index contributed by atoms with van der Waals surface area (Å²) in [5.74, 6) is -2.90. The van der Waals surface area contributed by atoms with Gasteiger partial charge in [0.2, 0.25) is 0 Å². The van der Waals surface area contributed by atoms with E-state index in [1.807, 2.05) is 0 Å². The van der Waals surface area contributed by atoms with Crippen molar-refractivity contribution in [1.29, 1.82) is 0 Å². The Balaban J connectivity index is 2.19. The number of methoxy groups -OCH3 is 1. The third kappa shape index (κ3) is 3.34. The van der Waals surface area contributed by atoms with Crippen molar-refractivity contribution in [3.05, 3.63) is 55.9 Å². The van der Waals surface area contributed by atoms with Crippen LogP contribution in [0.3, 0.4) is 0 Å². The summed E-state index contributed by atoms with van der Waals surface area (Å²) in [4.78, 5) is 28.2. The molecule has 0 radical (unpaired) electrons. The molecule has 0 spiro atoms. The van der Waals surface area contributed by atoms with Crippen LogP contribution in [0.25, 0.3) is 0 Å². The Morgan fingerprint density at radius 2 is 2.11 bits per heavy atom. The summed E-state index contributed by atoms with van der Waals surface area (Å²) in [6.07, 6.45) is -3.38. The van der Waals surface area contributed by atoms with Crippen LogP contribution >= 0.6 is 11.3 Å². The largest absolute Gasteiger partial charge is 0.493 e. The molecule has 0 amide bonds. The summed E-state index contributed by atoms with van der Waals surface area (Å²) in [6.45, 7) is 1.57. The Labute approximate surface area is 156 Å². The molecule has 1 aromatic heterocycles. The van der Waals surface area contributed by atoms with Crippen LogP contribution in [-0.4, -0.2) is 29.7 Å². The average Bonchev–Trinajstić information content (AvgIpc) is 3.18. The maximum Gasteiger partial charge on any atom is 0.307 e. The van der Waals surface area contributed by atoms with Crippen LogP contribution in [0.15, 0.2) is 50.4 Å². The molecule has 0 atom stereocenters. The van der Waals surface area contributed by atoms with Gasteiger partial charge in [0.1, 0.15) is 5.83 Å². The minimum absolute atomic E-state index is 0.0411. The average molecular weight is 397 g/mol. The van der Waals surface area contributed by atoms with Gasteiger partial charge >= 0.3 is 5.97 Å². The number of hydrogen-bond acceptors (Lipinski definition) is 5. The van der Waals surface area contributed by atoms with Crippen molar-refractivity contribution in [3.8, 4) is 0 Å². The number of thiophene rings is 1. The number of ketones is 1. The molecule has 0 saturated carbocycles. The maximum absolute atomic E-state index is 14.5. The minimum Gasteiger partial charge on any atom is -0.493 e. The normalized spacial score (nSPS) is 16.9. The van der Waals surface area contributed by atoms with Crippen molar-refractivity contribution in [2.24, 2.45) is 4.99 Å². The quantitative estimate of drug-likeness (QED) is 0.712. The van der Waals surface area contributed by atoms with E-state index >= 15 is 0 Å². The molecule has 2 heterocycles. The van der Waals surface area contributed by atoms with Crippen LogP contribution in [0.2, 0.25) is 0 Å². The molecular formula is C18H14F3NO4S. The summed E-state index contributed by atoms with van der Waals surface area (Å²) in [6, 6.07) is 1.05. The van der Waals surface area contributed by atoms with Crippen LogP contribution in [0.4, 0.5) is 13.2 Å². The van der Waals surface area contributed by atoms with Gasteiger partial charge in [0.05, 0.1) is 29.7 Å². The summed E-state index contributed by atoms with van der Waals surface area (Å²) in [5.41, 5.74) is 0.869. The van der Waals surface area contributed by atoms with Crippen LogP contribution in [0, 0.1) is 0 Å². The van der Waals surface area contributed by atoms with Crippen molar-refractivity contribution in [1.82, 2.24) is 0 Å². The fourth-order valence-corrected chi connectivity index (χ4v) is 3.84. The minimum atomic E-state index is -2.73. The van der Waals surface area contributed by atoms with Gasteiger partial charge in [0.25, 0.3) is 6.43 Å². The highest BCUT2D eigenvalue weighted by atomic mass is 32.1. The van der Waals surface area contributed by atoms with E-state index < -0.39 is 30.4 Å². The number of carboxylic acids is 1. The van der Waals surface area contributed by atoms with Gasteiger partial charge in [-0.15, -0.1) is 11.3 Å². The van der Waals surface area contributed by atoms with Gasteiger partial charge in [-0.1, -0.05) is 0 Å². The number of nitrogens with zero attached hydrogens (tertiary/aromatic N) is 1. The number of allylic oxidation sites excluding steroid dienone is 4. The van der Waals surface area contributed by atoms with Crippen LogP contribution in [-0.2, 0) is 9.53 Å². The number of hydrogen-bond donors (Lipinski definition) is 1. The van der Waals surface area contributed by atoms with Crippen molar-refractivity contribution < 1.29 is 32.6 Å². The fourth-order valence-electron chi connectivity index (χ4n) is 3.11. The number of carbonyl (C=O) groups is 2. The Hall–Kier alpha value is -2.68. The molecule has 0 aromatic carbocycles. The zero-order valence-electron chi connectivity index (χ0n) is 14.3. The van der Waals surface area contributed by atoms with Gasteiger partial charge in [-0.05, 0) is 18.6 Å². The molecule has 0 bridgehead atoms. The predicted molar refractivity (Wildman–Crippen MR) is 92.8 cm³/mol. The summed E-state index contributed by atoms with van der Waals surface area (Å²) >= 11 is 0.716. The SMILES string of the molecule is COC1=C(F)CC2=NC(C)=C(CC(=O)O)C2=C1C(=O)c1csc(C(F)F)c1. The number of ether oxygens (including phenoxy) is 1. The highest BCUT2D eigenvalue weighted by Crippen LogP contribution is 2.41. The molecule has 3 rings (SSSR count). The number of Topliss-reactive ketones (excluding diaryl/α,β-unsaturated/α-hetero) is 1. The number of carbonyl (C=O) groups excluding carboxylic acids is 1. The first kappa shape index (κ1) is 19.1. The molecule has 1 aliphatic carbocycles. The van der Waals surface area contributed by atoms with Crippen molar-refractivity contribution in [3.63, 3.8) is 0 Å². The lowest BCUT2D eigenvalue weighted by Crippen LogP contribution is -2.21. The van der Waals surface area contributed by atoms with Gasteiger partial charge in [-0.3, -0.25) is 14.6 Å². The first-order valence-corrected chi connectivity index (χ1v) is 8.71. The molecule has 1 N–H and O–H groups in total. The van der Waals surface area contributed by atoms with Gasteiger partial charge in [0, 0.05) is 28.6 Å². The van der Waals surface area contributed by atoms with Crippen LogP contribution in [0.5, 0.6) is 0 Å². The molecular weight excluding hydrogens is 383 g/mol. The van der Waals surface area contributed by atoms with Gasteiger partial charge in [-0.25, -0.2) is 13.2 Å². The second-order valence-electron chi connectivity index (χ2n) is 5.93. The van der Waals surface area contributed by atoms with Crippen molar-refractivity contribution >= 4 is 28.8 Å². The van der Waals surface area contributed by atoms with Crippen molar-refractivity contribution in [2.45, 2.75) is 26.2 Å². The Morgan fingerprint density at radius 3 is 2.67 bits per heavy atom. The first-order valence-electron chi connectivity index (χ1n) is 7.83. The van der Waals surface area contributed by atoms with E-state index in [1.54, 1.807) is 6.92 Å². The number of carboxylic acid groups (broad SMARTS) is 1. The lowest BCUT2D eigenvalue weighted by atomic mass is 9.84. The van der Waals surface area contributed by atoms with Crippen molar-refractivity contribution in [2.75, 3.05) is 7.11 Å². The van der Waals surface area contributed by atoms with Crippen LogP contribution < -0.4 is 0 Å². The summed E-state index contributed by atoms with van der Waals surface area (Å²) in [5, 5.41) is 10.4. The number of halogens is 3. The molecule has 5 nitrogen and oxygen atoms in total. The molecule has 1 aromatic rings. The third-order valence-electron chi connectivity index (χ3n) is 4.23.